The van der Waals surface area contributed by atoms with Crippen LogP contribution in [-0.4, -0.2) is 29.3 Å². The van der Waals surface area contributed by atoms with Crippen molar-refractivity contribution in [3.05, 3.63) is 35.4 Å². The first-order valence-corrected chi connectivity index (χ1v) is 6.15. The van der Waals surface area contributed by atoms with Gasteiger partial charge in [0, 0.05) is 17.1 Å². The van der Waals surface area contributed by atoms with E-state index in [9.17, 15) is 18.4 Å². The molecule has 0 fully saturated rings. The number of carbonyl (C=O) groups excluding carboxylic acids is 1. The lowest BCUT2D eigenvalue weighted by Gasteiger charge is -2.11. The summed E-state index contributed by atoms with van der Waals surface area (Å²) in [7, 11) is 0. The van der Waals surface area contributed by atoms with Crippen LogP contribution in [0.3, 0.4) is 0 Å². The number of carboxylic acid groups (broad SMARTS) is 1. The van der Waals surface area contributed by atoms with E-state index in [-0.39, 0.29) is 23.5 Å². The summed E-state index contributed by atoms with van der Waals surface area (Å²) in [6, 6.07) is 2.46. The molecule has 1 atom stereocenters. The Bertz CT molecular complexity index is 422. The van der Waals surface area contributed by atoms with E-state index in [1.54, 1.807) is 0 Å². The van der Waals surface area contributed by atoms with Crippen molar-refractivity contribution in [2.45, 2.75) is 11.8 Å². The Hall–Kier alpha value is -1.63. The molecule has 7 heteroatoms. The van der Waals surface area contributed by atoms with Gasteiger partial charge in [0.05, 0.1) is 0 Å². The van der Waals surface area contributed by atoms with E-state index in [0.717, 1.165) is 23.9 Å². The molecule has 1 unspecified atom stereocenters. The molecule has 0 radical (unpaired) electrons. The molecule has 1 aromatic carbocycles. The lowest BCUT2D eigenvalue weighted by Crippen LogP contribution is -2.37. The highest BCUT2D eigenvalue weighted by atomic mass is 32.2. The third-order valence-corrected chi connectivity index (χ3v) is 3.22. The first-order valence-electron chi connectivity index (χ1n) is 4.99. The summed E-state index contributed by atoms with van der Waals surface area (Å²) in [4.78, 5) is 20.8. The molecule has 0 aliphatic rings. The van der Waals surface area contributed by atoms with Gasteiger partial charge in [0.15, 0.2) is 0 Å². The second-order valence-electron chi connectivity index (χ2n) is 3.39. The number of benzene rings is 1. The molecule has 2 N–H and O–H groups in total. The summed E-state index contributed by atoms with van der Waals surface area (Å²) in [5.74, 6) is -2.50. The molecule has 4 nitrogen and oxygen atoms in total. The van der Waals surface area contributed by atoms with Crippen LogP contribution in [0.5, 0.6) is 0 Å². The maximum Gasteiger partial charge on any atom is 0.327 e. The summed E-state index contributed by atoms with van der Waals surface area (Å²) < 4.78 is 26.5. The van der Waals surface area contributed by atoms with E-state index in [2.05, 4.69) is 5.32 Å². The van der Waals surface area contributed by atoms with Crippen LogP contribution in [0.15, 0.2) is 18.2 Å². The van der Waals surface area contributed by atoms with Crippen molar-refractivity contribution in [3.63, 3.8) is 0 Å². The van der Waals surface area contributed by atoms with Crippen LogP contribution in [0.4, 0.5) is 8.78 Å². The lowest BCUT2D eigenvalue weighted by molar-refractivity contribution is -0.139. The molecule has 18 heavy (non-hydrogen) atoms. The lowest BCUT2D eigenvalue weighted by atomic mass is 10.2. The first-order chi connectivity index (χ1) is 8.56. The van der Waals surface area contributed by atoms with E-state index in [4.69, 9.17) is 5.11 Å². The van der Waals surface area contributed by atoms with Gasteiger partial charge in [-0.2, -0.15) is 11.8 Å². The van der Waals surface area contributed by atoms with Gasteiger partial charge in [0.1, 0.15) is 17.7 Å². The van der Waals surface area contributed by atoms with Crippen LogP contribution < -0.4 is 5.32 Å². The van der Waals surface area contributed by atoms with Gasteiger partial charge in [0.2, 0.25) is 6.41 Å². The van der Waals surface area contributed by atoms with Crippen molar-refractivity contribution in [2.75, 3.05) is 5.75 Å². The molecule has 1 rings (SSSR count). The smallest absolute Gasteiger partial charge is 0.327 e. The van der Waals surface area contributed by atoms with Crippen molar-refractivity contribution < 1.29 is 23.5 Å². The van der Waals surface area contributed by atoms with Crippen LogP contribution in [-0.2, 0) is 15.3 Å². The van der Waals surface area contributed by atoms with E-state index < -0.39 is 23.6 Å². The van der Waals surface area contributed by atoms with Gasteiger partial charge in [-0.05, 0) is 12.1 Å². The van der Waals surface area contributed by atoms with Gasteiger partial charge in [-0.1, -0.05) is 6.07 Å². The molecule has 98 valence electrons. The fourth-order valence-corrected chi connectivity index (χ4v) is 2.29. The topological polar surface area (TPSA) is 66.4 Å². The number of thioether (sulfide) groups is 1. The van der Waals surface area contributed by atoms with E-state index in [0.29, 0.717) is 0 Å². The van der Waals surface area contributed by atoms with E-state index in [1.165, 1.54) is 6.07 Å². The Labute approximate surface area is 106 Å². The number of carboxylic acids is 1. The molecular formula is C11H11F2NO3S. The van der Waals surface area contributed by atoms with Gasteiger partial charge < -0.3 is 10.4 Å². The van der Waals surface area contributed by atoms with E-state index in [1.807, 2.05) is 0 Å². The van der Waals surface area contributed by atoms with Crippen LogP contribution in [0.2, 0.25) is 0 Å². The number of nitrogens with one attached hydrogen (secondary N) is 1. The maximum absolute atomic E-state index is 13.2. The van der Waals surface area contributed by atoms with Crippen molar-refractivity contribution in [1.82, 2.24) is 5.32 Å². The number of amides is 1. The van der Waals surface area contributed by atoms with Gasteiger partial charge in [0.25, 0.3) is 0 Å². The fourth-order valence-electron chi connectivity index (χ4n) is 1.22. The van der Waals surface area contributed by atoms with Crippen LogP contribution in [0.25, 0.3) is 0 Å². The Morgan fingerprint density at radius 1 is 1.44 bits per heavy atom. The number of aliphatic carboxylic acids is 1. The molecule has 1 aromatic rings. The zero-order chi connectivity index (χ0) is 13.5. The van der Waals surface area contributed by atoms with Crippen molar-refractivity contribution in [2.24, 2.45) is 0 Å². The highest BCUT2D eigenvalue weighted by Gasteiger charge is 2.17. The molecule has 0 saturated heterocycles. The third-order valence-electron chi connectivity index (χ3n) is 2.16. The summed E-state index contributed by atoms with van der Waals surface area (Å²) in [6.07, 6.45) is 0.281. The Morgan fingerprint density at radius 3 is 2.56 bits per heavy atom. The second-order valence-corrected chi connectivity index (χ2v) is 4.42. The number of rotatable bonds is 7. The zero-order valence-electron chi connectivity index (χ0n) is 9.23. The number of carbonyl (C=O) groups is 2. The summed E-state index contributed by atoms with van der Waals surface area (Å²) in [6.45, 7) is 0. The molecule has 0 aromatic heterocycles. The monoisotopic (exact) mass is 275 g/mol. The molecular weight excluding hydrogens is 264 g/mol. The van der Waals surface area contributed by atoms with Crippen LogP contribution in [0, 0.1) is 11.6 Å². The molecule has 0 bridgehead atoms. The van der Waals surface area contributed by atoms with Crippen LogP contribution >= 0.6 is 11.8 Å². The molecule has 1 amide bonds. The highest BCUT2D eigenvalue weighted by molar-refractivity contribution is 7.98. The fraction of sp³-hybridized carbons (Fsp3) is 0.273. The summed E-state index contributed by atoms with van der Waals surface area (Å²) in [5, 5.41) is 10.8. The van der Waals surface area contributed by atoms with Gasteiger partial charge >= 0.3 is 5.97 Å². The molecule has 0 spiro atoms. The Kier molecular flexibility index (Phi) is 5.57. The minimum atomic E-state index is -1.19. The third kappa shape index (κ3) is 3.99. The predicted octanol–water partition coefficient (Wildman–Crippen LogP) is 1.40. The summed E-state index contributed by atoms with van der Waals surface area (Å²) >= 11 is 1.03. The second kappa shape index (κ2) is 6.95. The predicted molar refractivity (Wildman–Crippen MR) is 63.1 cm³/mol. The number of hydrogen-bond donors (Lipinski definition) is 2. The van der Waals surface area contributed by atoms with Crippen molar-refractivity contribution in [3.8, 4) is 0 Å². The molecule has 0 heterocycles. The Balaban J connectivity index is 2.55. The van der Waals surface area contributed by atoms with Crippen LogP contribution in [0.1, 0.15) is 5.56 Å². The number of halogens is 2. The van der Waals surface area contributed by atoms with E-state index >= 15 is 0 Å². The Morgan fingerprint density at radius 2 is 2.06 bits per heavy atom. The molecule has 0 aliphatic heterocycles. The molecule has 0 aliphatic carbocycles. The van der Waals surface area contributed by atoms with Gasteiger partial charge in [-0.3, -0.25) is 4.79 Å². The highest BCUT2D eigenvalue weighted by Crippen LogP contribution is 2.19. The summed E-state index contributed by atoms with van der Waals surface area (Å²) in [5.41, 5.74) is -0.0993. The average Bonchev–Trinajstić information content (AvgIpc) is 2.31. The standard InChI is InChI=1S/C11H11F2NO3S/c12-8-2-1-3-9(13)7(8)4-18-5-10(11(16)17)14-6-15/h1-3,6,10H,4-5H2,(H,14,15)(H,16,17). The zero-order valence-corrected chi connectivity index (χ0v) is 10.0. The van der Waals surface area contributed by atoms with Gasteiger partial charge in [-0.25, -0.2) is 13.6 Å². The molecule has 0 saturated carbocycles. The average molecular weight is 275 g/mol. The van der Waals surface area contributed by atoms with Crippen molar-refractivity contribution >= 4 is 24.1 Å². The quantitative estimate of drug-likeness (QED) is 0.738. The minimum absolute atomic E-state index is 0.00280. The van der Waals surface area contributed by atoms with Crippen molar-refractivity contribution in [1.29, 1.82) is 0 Å². The normalized spacial score (nSPS) is 11.9. The minimum Gasteiger partial charge on any atom is -0.480 e. The number of hydrogen-bond acceptors (Lipinski definition) is 3. The maximum atomic E-state index is 13.2. The largest absolute Gasteiger partial charge is 0.480 e. The van der Waals surface area contributed by atoms with Gasteiger partial charge in [-0.15, -0.1) is 0 Å². The SMILES string of the molecule is O=CNC(CSCc1c(F)cccc1F)C(=O)O. The first kappa shape index (κ1) is 14.4.